The Morgan fingerprint density at radius 2 is 1.80 bits per heavy atom. The van der Waals surface area contributed by atoms with Gasteiger partial charge in [0, 0.05) is 24.3 Å². The second-order valence-corrected chi connectivity index (χ2v) is 7.22. The van der Waals surface area contributed by atoms with E-state index in [-0.39, 0.29) is 18.9 Å². The Kier molecular flexibility index (Phi) is 6.72. The number of esters is 1. The van der Waals surface area contributed by atoms with Crippen molar-refractivity contribution in [2.24, 2.45) is 5.92 Å². The molecule has 158 valence electrons. The van der Waals surface area contributed by atoms with Crippen LogP contribution >= 0.6 is 0 Å². The molecule has 0 saturated carbocycles. The van der Waals surface area contributed by atoms with Crippen LogP contribution in [0.3, 0.4) is 0 Å². The van der Waals surface area contributed by atoms with Crippen LogP contribution in [0.4, 0.5) is 11.4 Å². The number of carbonyl (C=O) groups excluding carboxylic acids is 3. The highest BCUT2D eigenvalue weighted by Crippen LogP contribution is 2.26. The second-order valence-electron chi connectivity index (χ2n) is 7.22. The molecule has 2 amide bonds. The zero-order valence-corrected chi connectivity index (χ0v) is 17.4. The van der Waals surface area contributed by atoms with Crippen LogP contribution in [0.25, 0.3) is 0 Å². The zero-order chi connectivity index (χ0) is 21.7. The molecule has 0 aromatic heterocycles. The molecule has 1 heterocycles. The summed E-state index contributed by atoms with van der Waals surface area (Å²) in [5, 5.41) is 2.69. The van der Waals surface area contributed by atoms with E-state index in [1.54, 1.807) is 36.3 Å². The van der Waals surface area contributed by atoms with E-state index in [0.29, 0.717) is 11.4 Å². The van der Waals surface area contributed by atoms with E-state index in [2.05, 4.69) is 12.2 Å². The minimum atomic E-state index is -0.979. The van der Waals surface area contributed by atoms with E-state index < -0.39 is 23.9 Å². The maximum Gasteiger partial charge on any atom is 0.312 e. The molecular weight excluding hydrogens is 384 g/mol. The number of nitrogens with zero attached hydrogens (tertiary/aromatic N) is 1. The first-order chi connectivity index (χ1) is 14.4. The minimum Gasteiger partial charge on any atom is -0.497 e. The predicted octanol–water partition coefficient (Wildman–Crippen LogP) is 3.18. The molecule has 30 heavy (non-hydrogen) atoms. The van der Waals surface area contributed by atoms with Crippen molar-refractivity contribution >= 4 is 29.2 Å². The van der Waals surface area contributed by atoms with Crippen molar-refractivity contribution in [3.63, 3.8) is 0 Å². The number of hydrogen-bond acceptors (Lipinski definition) is 5. The minimum absolute atomic E-state index is 0.0706. The van der Waals surface area contributed by atoms with Crippen molar-refractivity contribution in [2.45, 2.75) is 32.8 Å². The molecule has 1 aliphatic heterocycles. The summed E-state index contributed by atoms with van der Waals surface area (Å²) in [6.45, 7) is 3.82. The van der Waals surface area contributed by atoms with Gasteiger partial charge in [-0.2, -0.15) is 0 Å². The van der Waals surface area contributed by atoms with Crippen molar-refractivity contribution in [2.75, 3.05) is 23.9 Å². The molecule has 2 atom stereocenters. The molecule has 0 spiro atoms. The van der Waals surface area contributed by atoms with E-state index in [0.717, 1.165) is 12.1 Å². The highest BCUT2D eigenvalue weighted by atomic mass is 16.5. The molecule has 0 radical (unpaired) electrons. The van der Waals surface area contributed by atoms with Crippen molar-refractivity contribution in [1.29, 1.82) is 0 Å². The molecule has 2 aromatic carbocycles. The molecule has 7 heteroatoms. The van der Waals surface area contributed by atoms with Crippen LogP contribution < -0.4 is 15.0 Å². The van der Waals surface area contributed by atoms with Crippen LogP contribution in [-0.4, -0.2) is 37.5 Å². The van der Waals surface area contributed by atoms with Crippen LogP contribution in [0.5, 0.6) is 5.75 Å². The van der Waals surface area contributed by atoms with E-state index in [1.807, 2.05) is 24.3 Å². The van der Waals surface area contributed by atoms with Gasteiger partial charge in [0.2, 0.25) is 5.91 Å². The topological polar surface area (TPSA) is 84.9 Å². The molecule has 2 aromatic rings. The van der Waals surface area contributed by atoms with Crippen LogP contribution in [0, 0.1) is 5.92 Å². The summed E-state index contributed by atoms with van der Waals surface area (Å²) in [5.74, 6) is -1.04. The van der Waals surface area contributed by atoms with E-state index >= 15 is 0 Å². The Morgan fingerprint density at radius 3 is 2.40 bits per heavy atom. The highest BCUT2D eigenvalue weighted by molar-refractivity contribution is 6.00. The smallest absolute Gasteiger partial charge is 0.312 e. The molecule has 0 bridgehead atoms. The van der Waals surface area contributed by atoms with Crippen LogP contribution in [-0.2, 0) is 25.5 Å². The Hall–Kier alpha value is -3.35. The summed E-state index contributed by atoms with van der Waals surface area (Å²) in [7, 11) is 1.56. The van der Waals surface area contributed by atoms with Gasteiger partial charge in [0.05, 0.1) is 13.0 Å². The molecular formula is C23H26N2O5. The first kappa shape index (κ1) is 21.4. The van der Waals surface area contributed by atoms with Gasteiger partial charge in [0.1, 0.15) is 5.75 Å². The number of ether oxygens (including phenoxy) is 2. The molecule has 7 nitrogen and oxygen atoms in total. The molecule has 1 N–H and O–H groups in total. The number of aryl methyl sites for hydroxylation is 1. The van der Waals surface area contributed by atoms with Crippen molar-refractivity contribution in [1.82, 2.24) is 0 Å². The normalized spacial score (nSPS) is 16.8. The highest BCUT2D eigenvalue weighted by Gasteiger charge is 2.37. The van der Waals surface area contributed by atoms with Crippen LogP contribution in [0.15, 0.2) is 48.5 Å². The lowest BCUT2D eigenvalue weighted by Crippen LogP contribution is -2.33. The lowest BCUT2D eigenvalue weighted by Gasteiger charge is -2.18. The van der Waals surface area contributed by atoms with E-state index in [4.69, 9.17) is 9.47 Å². The third-order valence-corrected chi connectivity index (χ3v) is 5.13. The molecule has 1 aliphatic rings. The summed E-state index contributed by atoms with van der Waals surface area (Å²) in [5.41, 5.74) is 2.51. The van der Waals surface area contributed by atoms with E-state index in [1.165, 1.54) is 12.5 Å². The Morgan fingerprint density at radius 1 is 1.13 bits per heavy atom. The number of benzene rings is 2. The molecule has 0 aliphatic carbocycles. The maximum absolute atomic E-state index is 12.5. The van der Waals surface area contributed by atoms with Gasteiger partial charge in [-0.05, 0) is 55.3 Å². The molecule has 0 unspecified atom stereocenters. The van der Waals surface area contributed by atoms with Crippen molar-refractivity contribution < 1.29 is 23.9 Å². The molecule has 1 saturated heterocycles. The first-order valence-corrected chi connectivity index (χ1v) is 9.96. The fourth-order valence-electron chi connectivity index (χ4n) is 3.27. The zero-order valence-electron chi connectivity index (χ0n) is 17.4. The van der Waals surface area contributed by atoms with Gasteiger partial charge in [-0.15, -0.1) is 0 Å². The molecule has 3 rings (SSSR count). The number of carbonyl (C=O) groups is 3. The van der Waals surface area contributed by atoms with Gasteiger partial charge in [-0.1, -0.05) is 19.1 Å². The summed E-state index contributed by atoms with van der Waals surface area (Å²) >= 11 is 0. The van der Waals surface area contributed by atoms with Gasteiger partial charge in [-0.3, -0.25) is 14.4 Å². The van der Waals surface area contributed by atoms with E-state index in [9.17, 15) is 14.4 Å². The Balaban J connectivity index is 1.55. The SMILES string of the molecule is CCc1ccc(N2C[C@@H](C(=O)O[C@@H](C)C(=O)Nc3ccc(OC)cc3)CC2=O)cc1. The number of nitrogens with one attached hydrogen (secondary N) is 1. The summed E-state index contributed by atoms with van der Waals surface area (Å²) < 4.78 is 10.4. The third kappa shape index (κ3) is 4.97. The van der Waals surface area contributed by atoms with Gasteiger partial charge in [-0.25, -0.2) is 0 Å². The lowest BCUT2D eigenvalue weighted by atomic mass is 10.1. The Bertz CT molecular complexity index is 908. The number of amides is 2. The maximum atomic E-state index is 12.5. The third-order valence-electron chi connectivity index (χ3n) is 5.13. The number of anilines is 2. The summed E-state index contributed by atoms with van der Waals surface area (Å²) in [6, 6.07) is 14.5. The molecule has 1 fully saturated rings. The predicted molar refractivity (Wildman–Crippen MR) is 113 cm³/mol. The largest absolute Gasteiger partial charge is 0.497 e. The quantitative estimate of drug-likeness (QED) is 0.709. The first-order valence-electron chi connectivity index (χ1n) is 9.96. The Labute approximate surface area is 176 Å². The monoisotopic (exact) mass is 410 g/mol. The van der Waals surface area contributed by atoms with Crippen molar-refractivity contribution in [3.05, 3.63) is 54.1 Å². The van der Waals surface area contributed by atoms with Gasteiger partial charge >= 0.3 is 5.97 Å². The van der Waals surface area contributed by atoms with Crippen LogP contribution in [0.2, 0.25) is 0 Å². The second kappa shape index (κ2) is 9.43. The number of rotatable bonds is 7. The van der Waals surface area contributed by atoms with Crippen molar-refractivity contribution in [3.8, 4) is 5.75 Å². The average Bonchev–Trinajstić information content (AvgIpc) is 3.16. The lowest BCUT2D eigenvalue weighted by molar-refractivity contribution is -0.157. The van der Waals surface area contributed by atoms with Crippen LogP contribution in [0.1, 0.15) is 25.8 Å². The fraction of sp³-hybridized carbons (Fsp3) is 0.348. The average molecular weight is 410 g/mol. The summed E-state index contributed by atoms with van der Waals surface area (Å²) in [6.07, 6.45) is 0.00786. The van der Waals surface area contributed by atoms with Gasteiger partial charge < -0.3 is 19.7 Å². The summed E-state index contributed by atoms with van der Waals surface area (Å²) in [4.78, 5) is 38.8. The number of methoxy groups -OCH3 is 1. The fourth-order valence-corrected chi connectivity index (χ4v) is 3.27. The standard InChI is InChI=1S/C23H26N2O5/c1-4-16-5-9-19(10-6-16)25-14-17(13-21(25)26)23(28)30-15(2)22(27)24-18-7-11-20(29-3)12-8-18/h5-12,15,17H,4,13-14H2,1-3H3,(H,24,27)/t15-,17-/m0/s1. The van der Waals surface area contributed by atoms with Gasteiger partial charge in [0.25, 0.3) is 5.91 Å². The number of hydrogen-bond donors (Lipinski definition) is 1. The van der Waals surface area contributed by atoms with Gasteiger partial charge in [0.15, 0.2) is 6.10 Å².